The summed E-state index contributed by atoms with van der Waals surface area (Å²) in [5, 5.41) is 1.73. The lowest BCUT2D eigenvalue weighted by Crippen LogP contribution is -1.89. The number of nitrogens with zero attached hydrogens (tertiary/aromatic N) is 1. The number of halogens is 1. The van der Waals surface area contributed by atoms with Crippen LogP contribution in [0.25, 0.3) is 11.3 Å². The second-order valence-corrected chi connectivity index (χ2v) is 3.22. The van der Waals surface area contributed by atoms with Crippen LogP contribution < -0.4 is 5.73 Å². The second-order valence-electron chi connectivity index (χ2n) is 2.56. The van der Waals surface area contributed by atoms with Crippen LogP contribution in [0, 0.1) is 11.3 Å². The predicted molar refractivity (Wildman–Crippen MR) is 50.8 cm³/mol. The Morgan fingerprint density at radius 3 is 3.00 bits per heavy atom. The smallest absolute Gasteiger partial charge is 0.152 e. The number of nitrogens with two attached hydrogens (primary N) is 1. The molecule has 0 spiro atoms. The highest BCUT2D eigenvalue weighted by Crippen LogP contribution is 2.24. The zero-order valence-corrected chi connectivity index (χ0v) is 7.44. The molecular formula is C9H6FN2S. The fourth-order valence-electron chi connectivity index (χ4n) is 1.05. The van der Waals surface area contributed by atoms with Crippen molar-refractivity contribution in [1.29, 1.82) is 0 Å². The monoisotopic (exact) mass is 193 g/mol. The largest absolute Gasteiger partial charge is 0.399 e. The fourth-order valence-corrected chi connectivity index (χ4v) is 1.54. The summed E-state index contributed by atoms with van der Waals surface area (Å²) >= 11 is 1.31. The molecule has 2 N–H and O–H groups in total. The average Bonchev–Trinajstić information content (AvgIpc) is 2.61. The second kappa shape index (κ2) is 3.14. The van der Waals surface area contributed by atoms with Crippen LogP contribution in [0.2, 0.25) is 0 Å². The summed E-state index contributed by atoms with van der Waals surface area (Å²) in [6, 6.07) is 4.43. The molecule has 4 heteroatoms. The van der Waals surface area contributed by atoms with Gasteiger partial charge < -0.3 is 5.73 Å². The molecule has 0 amide bonds. The van der Waals surface area contributed by atoms with E-state index < -0.39 is 0 Å². The molecule has 2 aromatic rings. The third kappa shape index (κ3) is 1.53. The van der Waals surface area contributed by atoms with Gasteiger partial charge in [0.2, 0.25) is 0 Å². The van der Waals surface area contributed by atoms with E-state index >= 15 is 0 Å². The van der Waals surface area contributed by atoms with Gasteiger partial charge in [-0.05, 0) is 18.2 Å². The van der Waals surface area contributed by atoms with Gasteiger partial charge in [0.1, 0.15) is 5.82 Å². The summed E-state index contributed by atoms with van der Waals surface area (Å²) in [6.07, 6.45) is 0. The summed E-state index contributed by atoms with van der Waals surface area (Å²) < 4.78 is 13.2. The Labute approximate surface area is 78.9 Å². The van der Waals surface area contributed by atoms with Crippen LogP contribution in [0.1, 0.15) is 0 Å². The van der Waals surface area contributed by atoms with Crippen LogP contribution in [-0.2, 0) is 0 Å². The molecule has 2 rings (SSSR count). The lowest BCUT2D eigenvalue weighted by molar-refractivity contribution is 0.631. The summed E-state index contributed by atoms with van der Waals surface area (Å²) in [7, 11) is 0. The standard InChI is InChI=1S/C9H6FN2S/c10-8-2-1-6(11)3-7(8)9-4-13-5-12-9/h1-4H,11H2. The molecule has 0 aliphatic rings. The van der Waals surface area contributed by atoms with Crippen LogP contribution in [0.5, 0.6) is 0 Å². The number of nitrogen functional groups attached to an aromatic ring is 1. The molecule has 0 bridgehead atoms. The number of rotatable bonds is 1. The van der Waals surface area contributed by atoms with Gasteiger partial charge >= 0.3 is 0 Å². The third-order valence-corrected chi connectivity index (χ3v) is 2.19. The zero-order valence-electron chi connectivity index (χ0n) is 6.62. The van der Waals surface area contributed by atoms with Crippen molar-refractivity contribution in [3.05, 3.63) is 34.9 Å². The maximum absolute atomic E-state index is 13.2. The van der Waals surface area contributed by atoms with E-state index in [1.54, 1.807) is 11.4 Å². The average molecular weight is 193 g/mol. The van der Waals surface area contributed by atoms with E-state index in [1.165, 1.54) is 23.5 Å². The Bertz CT molecular complexity index is 412. The van der Waals surface area contributed by atoms with E-state index in [9.17, 15) is 4.39 Å². The van der Waals surface area contributed by atoms with Gasteiger partial charge in [0.15, 0.2) is 5.51 Å². The maximum atomic E-state index is 13.2. The minimum Gasteiger partial charge on any atom is -0.399 e. The molecule has 0 saturated heterocycles. The van der Waals surface area contributed by atoms with Gasteiger partial charge in [-0.2, -0.15) is 0 Å². The molecule has 2 nitrogen and oxygen atoms in total. The molecule has 0 saturated carbocycles. The first-order chi connectivity index (χ1) is 6.27. The predicted octanol–water partition coefficient (Wildman–Crippen LogP) is 2.33. The lowest BCUT2D eigenvalue weighted by Gasteiger charge is -1.99. The van der Waals surface area contributed by atoms with E-state index in [0.29, 0.717) is 16.9 Å². The van der Waals surface area contributed by atoms with Crippen molar-refractivity contribution < 1.29 is 4.39 Å². The molecule has 1 heterocycles. The Balaban J connectivity index is 2.57. The quantitative estimate of drug-likeness (QED) is 0.706. The molecule has 13 heavy (non-hydrogen) atoms. The van der Waals surface area contributed by atoms with E-state index in [1.807, 2.05) is 0 Å². The Morgan fingerprint density at radius 1 is 1.46 bits per heavy atom. The maximum Gasteiger partial charge on any atom is 0.152 e. The lowest BCUT2D eigenvalue weighted by atomic mass is 10.1. The van der Waals surface area contributed by atoms with Crippen molar-refractivity contribution in [2.45, 2.75) is 0 Å². The fraction of sp³-hybridized carbons (Fsp3) is 0. The van der Waals surface area contributed by atoms with Crippen molar-refractivity contribution >= 4 is 17.0 Å². The number of thiazole rings is 1. The van der Waals surface area contributed by atoms with Gasteiger partial charge in [0, 0.05) is 16.6 Å². The highest BCUT2D eigenvalue weighted by Gasteiger charge is 2.06. The molecular weight excluding hydrogens is 187 g/mol. The number of hydrogen-bond donors (Lipinski definition) is 1. The molecule has 0 atom stereocenters. The van der Waals surface area contributed by atoms with Crippen LogP contribution in [-0.4, -0.2) is 4.98 Å². The molecule has 1 aromatic heterocycles. The molecule has 65 valence electrons. The van der Waals surface area contributed by atoms with Gasteiger partial charge in [-0.1, -0.05) is 0 Å². The number of hydrogen-bond acceptors (Lipinski definition) is 3. The van der Waals surface area contributed by atoms with Crippen molar-refractivity contribution in [3.63, 3.8) is 0 Å². The van der Waals surface area contributed by atoms with E-state index in [0.717, 1.165) is 0 Å². The third-order valence-electron chi connectivity index (χ3n) is 1.66. The van der Waals surface area contributed by atoms with E-state index in [-0.39, 0.29) is 5.82 Å². The topological polar surface area (TPSA) is 38.9 Å². The van der Waals surface area contributed by atoms with Crippen molar-refractivity contribution in [3.8, 4) is 11.3 Å². The molecule has 0 unspecified atom stereocenters. The van der Waals surface area contributed by atoms with Crippen molar-refractivity contribution in [1.82, 2.24) is 4.98 Å². The van der Waals surface area contributed by atoms with E-state index in [4.69, 9.17) is 5.73 Å². The van der Waals surface area contributed by atoms with Gasteiger partial charge in [0.25, 0.3) is 0 Å². The van der Waals surface area contributed by atoms with Crippen molar-refractivity contribution in [2.24, 2.45) is 0 Å². The Morgan fingerprint density at radius 2 is 2.31 bits per heavy atom. The highest BCUT2D eigenvalue weighted by atomic mass is 32.1. The van der Waals surface area contributed by atoms with Gasteiger partial charge in [0.05, 0.1) is 5.69 Å². The Hall–Kier alpha value is -1.42. The van der Waals surface area contributed by atoms with Gasteiger partial charge in [-0.3, -0.25) is 0 Å². The molecule has 1 aromatic carbocycles. The summed E-state index contributed by atoms with van der Waals surface area (Å²) in [5.41, 5.74) is 9.73. The highest BCUT2D eigenvalue weighted by molar-refractivity contribution is 7.07. The first-order valence-corrected chi connectivity index (χ1v) is 4.52. The summed E-state index contributed by atoms with van der Waals surface area (Å²) in [5.74, 6) is -0.312. The van der Waals surface area contributed by atoms with Gasteiger partial charge in [-0.25, -0.2) is 9.37 Å². The number of benzene rings is 1. The van der Waals surface area contributed by atoms with Crippen LogP contribution in [0.4, 0.5) is 10.1 Å². The molecule has 0 aliphatic heterocycles. The first kappa shape index (κ1) is 8.19. The van der Waals surface area contributed by atoms with Crippen molar-refractivity contribution in [2.75, 3.05) is 5.73 Å². The van der Waals surface area contributed by atoms with Crippen LogP contribution in [0.3, 0.4) is 0 Å². The van der Waals surface area contributed by atoms with E-state index in [2.05, 4.69) is 10.5 Å². The minimum absolute atomic E-state index is 0.312. The van der Waals surface area contributed by atoms with Gasteiger partial charge in [-0.15, -0.1) is 11.3 Å². The normalized spacial score (nSPS) is 10.2. The SMILES string of the molecule is Nc1ccc(F)c(-c2cs[c]n2)c1. The minimum atomic E-state index is -0.312. The summed E-state index contributed by atoms with van der Waals surface area (Å²) in [6.45, 7) is 0. The first-order valence-electron chi connectivity index (χ1n) is 3.64. The molecule has 1 radical (unpaired) electrons. The molecule has 0 aliphatic carbocycles. The van der Waals surface area contributed by atoms with Crippen LogP contribution >= 0.6 is 11.3 Å². The number of aromatic nitrogens is 1. The summed E-state index contributed by atoms with van der Waals surface area (Å²) in [4.78, 5) is 3.89. The molecule has 0 fully saturated rings. The number of anilines is 1. The zero-order chi connectivity index (χ0) is 9.26. The van der Waals surface area contributed by atoms with Crippen LogP contribution in [0.15, 0.2) is 23.6 Å². The Kier molecular flexibility index (Phi) is 1.98.